The molecule has 0 bridgehead atoms. The van der Waals surface area contributed by atoms with Gasteiger partial charge in [0, 0.05) is 17.5 Å². The van der Waals surface area contributed by atoms with Gasteiger partial charge in [-0.15, -0.1) is 0 Å². The van der Waals surface area contributed by atoms with E-state index in [-0.39, 0.29) is 18.0 Å². The molecule has 2 atom stereocenters. The van der Waals surface area contributed by atoms with Crippen LogP contribution in [0.2, 0.25) is 0 Å². The first-order valence-corrected chi connectivity index (χ1v) is 7.71. The lowest BCUT2D eigenvalue weighted by Crippen LogP contribution is -2.46. The summed E-state index contributed by atoms with van der Waals surface area (Å²) in [6.07, 6.45) is -0.479. The maximum Gasteiger partial charge on any atom is 0.315 e. The molecule has 1 heterocycles. The average Bonchev–Trinajstić information content (AvgIpc) is 2.75. The number of carbonyl (C=O) groups excluding carboxylic acids is 1. The Morgan fingerprint density at radius 2 is 1.91 bits per heavy atom. The van der Waals surface area contributed by atoms with Crippen LogP contribution in [-0.4, -0.2) is 28.9 Å². The van der Waals surface area contributed by atoms with Crippen molar-refractivity contribution >= 4 is 6.03 Å². The molecule has 0 spiro atoms. The van der Waals surface area contributed by atoms with E-state index in [1.165, 1.54) is 0 Å². The van der Waals surface area contributed by atoms with Crippen molar-refractivity contribution in [1.29, 1.82) is 0 Å². The maximum absolute atomic E-state index is 12.1. The molecule has 0 aliphatic heterocycles. The average molecular weight is 311 g/mol. The van der Waals surface area contributed by atoms with Crippen molar-refractivity contribution < 1.29 is 14.4 Å². The summed E-state index contributed by atoms with van der Waals surface area (Å²) in [4.78, 5) is 12.1. The Kier molecular flexibility index (Phi) is 6.00. The summed E-state index contributed by atoms with van der Waals surface area (Å²) in [7, 11) is 0. The van der Waals surface area contributed by atoms with Gasteiger partial charge in [0.05, 0.1) is 17.8 Å². The Labute approximate surface area is 132 Å². The van der Waals surface area contributed by atoms with Crippen molar-refractivity contribution in [1.82, 2.24) is 15.8 Å². The molecule has 1 aromatic heterocycles. The molecule has 0 saturated heterocycles. The number of hydrogen-bond acceptors (Lipinski definition) is 4. The van der Waals surface area contributed by atoms with Crippen LogP contribution < -0.4 is 10.6 Å². The number of aryl methyl sites for hydroxylation is 2. The summed E-state index contributed by atoms with van der Waals surface area (Å²) in [6, 6.07) is -0.457. The number of hydrogen-bond donors (Lipinski definition) is 3. The smallest absolute Gasteiger partial charge is 0.315 e. The van der Waals surface area contributed by atoms with Crippen LogP contribution in [0.3, 0.4) is 0 Å². The quantitative estimate of drug-likeness (QED) is 0.754. The highest BCUT2D eigenvalue weighted by molar-refractivity contribution is 5.74. The van der Waals surface area contributed by atoms with Crippen LogP contribution in [0.4, 0.5) is 4.79 Å². The predicted molar refractivity (Wildman–Crippen MR) is 85.6 cm³/mol. The minimum absolute atomic E-state index is 0.140. The first kappa shape index (κ1) is 18.5. The number of carbonyl (C=O) groups is 1. The first-order valence-electron chi connectivity index (χ1n) is 7.71. The number of aromatic nitrogens is 1. The van der Waals surface area contributed by atoms with Crippen LogP contribution in [0.25, 0.3) is 0 Å². The minimum atomic E-state index is -0.479. The normalized spacial score (nSPS) is 14.8. The number of aliphatic hydroxyl groups excluding tert-OH is 1. The Balaban J connectivity index is 2.57. The van der Waals surface area contributed by atoms with Gasteiger partial charge in [0.15, 0.2) is 0 Å². The van der Waals surface area contributed by atoms with E-state index in [9.17, 15) is 9.90 Å². The highest BCUT2D eigenvalue weighted by Gasteiger charge is 2.30. The van der Waals surface area contributed by atoms with Crippen molar-refractivity contribution in [2.75, 3.05) is 6.54 Å². The molecule has 2 unspecified atom stereocenters. The van der Waals surface area contributed by atoms with Gasteiger partial charge >= 0.3 is 6.03 Å². The zero-order valence-electron chi connectivity index (χ0n) is 14.7. The van der Waals surface area contributed by atoms with Crippen LogP contribution in [0, 0.1) is 25.2 Å². The van der Waals surface area contributed by atoms with Crippen molar-refractivity contribution in [3.8, 4) is 0 Å². The summed E-state index contributed by atoms with van der Waals surface area (Å²) in [5.74, 6) is 0.849. The van der Waals surface area contributed by atoms with E-state index in [0.717, 1.165) is 11.3 Å². The van der Waals surface area contributed by atoms with Gasteiger partial charge in [-0.2, -0.15) is 0 Å². The van der Waals surface area contributed by atoms with E-state index in [4.69, 9.17) is 4.52 Å². The van der Waals surface area contributed by atoms with E-state index < -0.39 is 11.5 Å². The van der Waals surface area contributed by atoms with Gasteiger partial charge in [-0.25, -0.2) is 4.79 Å². The van der Waals surface area contributed by atoms with Gasteiger partial charge in [0.25, 0.3) is 0 Å². The molecule has 0 aliphatic carbocycles. The summed E-state index contributed by atoms with van der Waals surface area (Å²) in [5.41, 5.74) is 1.29. The first-order chi connectivity index (χ1) is 10.1. The second-order valence-electron chi connectivity index (χ2n) is 6.96. The molecule has 1 aromatic rings. The number of urea groups is 1. The molecule has 1 rings (SSSR count). The number of nitrogens with one attached hydrogen (secondary N) is 2. The lowest BCUT2D eigenvalue weighted by atomic mass is 9.81. The largest absolute Gasteiger partial charge is 0.392 e. The fourth-order valence-electron chi connectivity index (χ4n) is 2.74. The van der Waals surface area contributed by atoms with Crippen LogP contribution in [0.15, 0.2) is 4.52 Å². The zero-order chi connectivity index (χ0) is 17.1. The lowest BCUT2D eigenvalue weighted by Gasteiger charge is -2.33. The molecule has 6 heteroatoms. The monoisotopic (exact) mass is 311 g/mol. The summed E-state index contributed by atoms with van der Waals surface area (Å²) >= 11 is 0. The van der Waals surface area contributed by atoms with E-state index in [1.807, 2.05) is 48.5 Å². The third kappa shape index (κ3) is 4.47. The fraction of sp³-hybridized carbons (Fsp3) is 0.750. The topological polar surface area (TPSA) is 87.4 Å². The summed E-state index contributed by atoms with van der Waals surface area (Å²) < 4.78 is 5.12. The number of rotatable bonds is 6. The molecular weight excluding hydrogens is 282 g/mol. The SMILES string of the molecule is Cc1noc(C)c1C(C)NC(=O)NCC(C)(C)C(O)C(C)C. The second kappa shape index (κ2) is 7.13. The molecule has 3 N–H and O–H groups in total. The van der Waals surface area contributed by atoms with E-state index in [0.29, 0.717) is 12.3 Å². The van der Waals surface area contributed by atoms with Crippen LogP contribution in [0.1, 0.15) is 57.7 Å². The molecule has 22 heavy (non-hydrogen) atoms. The van der Waals surface area contributed by atoms with Gasteiger partial charge in [-0.3, -0.25) is 0 Å². The molecular formula is C16H29N3O3. The van der Waals surface area contributed by atoms with Crippen LogP contribution in [0.5, 0.6) is 0 Å². The van der Waals surface area contributed by atoms with Gasteiger partial charge in [-0.05, 0) is 26.7 Å². The third-order valence-electron chi connectivity index (χ3n) is 4.01. The summed E-state index contributed by atoms with van der Waals surface area (Å²) in [6.45, 7) is 13.8. The van der Waals surface area contributed by atoms with Gasteiger partial charge in [0.2, 0.25) is 0 Å². The van der Waals surface area contributed by atoms with Crippen LogP contribution >= 0.6 is 0 Å². The third-order valence-corrected chi connectivity index (χ3v) is 4.01. The maximum atomic E-state index is 12.1. The standard InChI is InChI=1S/C16H29N3O3/c1-9(2)14(20)16(6,7)8-17-15(21)18-10(3)13-11(4)19-22-12(13)5/h9-10,14,20H,8H2,1-7H3,(H2,17,18,21). The fourth-order valence-corrected chi connectivity index (χ4v) is 2.74. The van der Waals surface area contributed by atoms with Crippen molar-refractivity contribution in [2.45, 2.75) is 60.6 Å². The van der Waals surface area contributed by atoms with Crippen molar-refractivity contribution in [2.24, 2.45) is 11.3 Å². The number of amides is 2. The van der Waals surface area contributed by atoms with E-state index in [2.05, 4.69) is 15.8 Å². The molecule has 0 radical (unpaired) electrons. The van der Waals surface area contributed by atoms with Gasteiger partial charge in [0.1, 0.15) is 5.76 Å². The second-order valence-corrected chi connectivity index (χ2v) is 6.96. The Morgan fingerprint density at radius 1 is 1.32 bits per heavy atom. The Morgan fingerprint density at radius 3 is 2.36 bits per heavy atom. The van der Waals surface area contributed by atoms with Crippen molar-refractivity contribution in [3.63, 3.8) is 0 Å². The molecule has 0 fully saturated rings. The van der Waals surface area contributed by atoms with Crippen LogP contribution in [-0.2, 0) is 0 Å². The Hall–Kier alpha value is -1.56. The summed E-state index contributed by atoms with van der Waals surface area (Å²) in [5, 5.41) is 19.8. The zero-order valence-corrected chi connectivity index (χ0v) is 14.7. The molecule has 2 amide bonds. The number of nitrogens with zero attached hydrogens (tertiary/aromatic N) is 1. The number of aliphatic hydroxyl groups is 1. The minimum Gasteiger partial charge on any atom is -0.392 e. The highest BCUT2D eigenvalue weighted by Crippen LogP contribution is 2.25. The predicted octanol–water partition coefficient (Wildman–Crippen LogP) is 2.69. The van der Waals surface area contributed by atoms with Gasteiger partial charge < -0.3 is 20.3 Å². The van der Waals surface area contributed by atoms with E-state index >= 15 is 0 Å². The molecule has 0 saturated carbocycles. The molecule has 0 aromatic carbocycles. The van der Waals surface area contributed by atoms with Crippen molar-refractivity contribution in [3.05, 3.63) is 17.0 Å². The highest BCUT2D eigenvalue weighted by atomic mass is 16.5. The molecule has 0 aliphatic rings. The lowest BCUT2D eigenvalue weighted by molar-refractivity contribution is 0.0151. The Bertz CT molecular complexity index is 489. The molecule has 126 valence electrons. The molecule has 6 nitrogen and oxygen atoms in total. The van der Waals surface area contributed by atoms with Gasteiger partial charge in [-0.1, -0.05) is 32.9 Å². The van der Waals surface area contributed by atoms with E-state index in [1.54, 1.807) is 0 Å².